The molecule has 16 heavy (non-hydrogen) atoms. The number of aryl methyl sites for hydroxylation is 1. The maximum absolute atomic E-state index is 4.38. The van der Waals surface area contributed by atoms with Crippen LogP contribution in [0.1, 0.15) is 38.3 Å². The molecule has 0 aromatic carbocycles. The highest BCUT2D eigenvalue weighted by Gasteiger charge is 2.11. The van der Waals surface area contributed by atoms with Crippen LogP contribution in [-0.4, -0.2) is 28.3 Å². The van der Waals surface area contributed by atoms with Crippen molar-refractivity contribution in [1.82, 2.24) is 15.1 Å². The van der Waals surface area contributed by atoms with Gasteiger partial charge in [-0.15, -0.1) is 0 Å². The van der Waals surface area contributed by atoms with Crippen LogP contribution in [0.15, 0.2) is 12.4 Å². The SMILES string of the molecule is CCCNC(CSC)c1cnn(CCC)c1. The average Bonchev–Trinajstić information content (AvgIpc) is 2.73. The van der Waals surface area contributed by atoms with Gasteiger partial charge in [-0.05, 0) is 25.6 Å². The van der Waals surface area contributed by atoms with E-state index in [4.69, 9.17) is 0 Å². The highest BCUT2D eigenvalue weighted by Crippen LogP contribution is 2.16. The van der Waals surface area contributed by atoms with E-state index in [0.29, 0.717) is 6.04 Å². The summed E-state index contributed by atoms with van der Waals surface area (Å²) in [6.45, 7) is 6.46. The number of hydrogen-bond donors (Lipinski definition) is 1. The molecule has 1 unspecified atom stereocenters. The Labute approximate surface area is 103 Å². The van der Waals surface area contributed by atoms with Gasteiger partial charge in [-0.3, -0.25) is 4.68 Å². The van der Waals surface area contributed by atoms with Crippen LogP contribution in [0.3, 0.4) is 0 Å². The van der Waals surface area contributed by atoms with Crippen LogP contribution in [0.4, 0.5) is 0 Å². The van der Waals surface area contributed by atoms with E-state index in [0.717, 1.165) is 25.3 Å². The van der Waals surface area contributed by atoms with Crippen LogP contribution in [0.5, 0.6) is 0 Å². The molecule has 3 nitrogen and oxygen atoms in total. The third kappa shape index (κ3) is 4.18. The maximum atomic E-state index is 4.38. The summed E-state index contributed by atoms with van der Waals surface area (Å²) in [6.07, 6.45) is 8.63. The van der Waals surface area contributed by atoms with E-state index in [1.54, 1.807) is 0 Å². The van der Waals surface area contributed by atoms with Gasteiger partial charge in [-0.25, -0.2) is 0 Å². The van der Waals surface area contributed by atoms with Gasteiger partial charge in [0.2, 0.25) is 0 Å². The molecule has 1 aromatic rings. The molecule has 0 fully saturated rings. The molecule has 1 rings (SSSR count). The van der Waals surface area contributed by atoms with Crippen molar-refractivity contribution in [1.29, 1.82) is 0 Å². The molecular weight excluding hydrogens is 218 g/mol. The van der Waals surface area contributed by atoms with E-state index in [2.05, 4.69) is 36.7 Å². The topological polar surface area (TPSA) is 29.9 Å². The molecule has 0 amide bonds. The van der Waals surface area contributed by atoms with Crippen molar-refractivity contribution in [2.75, 3.05) is 18.6 Å². The lowest BCUT2D eigenvalue weighted by Gasteiger charge is -2.15. The van der Waals surface area contributed by atoms with Crippen LogP contribution in [0, 0.1) is 0 Å². The summed E-state index contributed by atoms with van der Waals surface area (Å²) < 4.78 is 2.04. The van der Waals surface area contributed by atoms with Crippen LogP contribution >= 0.6 is 11.8 Å². The predicted molar refractivity (Wildman–Crippen MR) is 71.9 cm³/mol. The highest BCUT2D eigenvalue weighted by molar-refractivity contribution is 7.98. The van der Waals surface area contributed by atoms with Crippen LogP contribution in [-0.2, 0) is 6.54 Å². The van der Waals surface area contributed by atoms with Crippen molar-refractivity contribution in [2.24, 2.45) is 0 Å². The van der Waals surface area contributed by atoms with Gasteiger partial charge in [-0.1, -0.05) is 13.8 Å². The second-order valence-electron chi connectivity index (χ2n) is 4.00. The van der Waals surface area contributed by atoms with Crippen LogP contribution < -0.4 is 5.32 Å². The molecule has 0 aliphatic rings. The molecule has 0 aliphatic carbocycles. The molecule has 4 heteroatoms. The van der Waals surface area contributed by atoms with E-state index in [-0.39, 0.29) is 0 Å². The van der Waals surface area contributed by atoms with Gasteiger partial charge >= 0.3 is 0 Å². The van der Waals surface area contributed by atoms with Gasteiger partial charge in [0.15, 0.2) is 0 Å². The minimum absolute atomic E-state index is 0.445. The lowest BCUT2D eigenvalue weighted by molar-refractivity contribution is 0.572. The normalized spacial score (nSPS) is 12.9. The maximum Gasteiger partial charge on any atom is 0.0537 e. The zero-order valence-electron chi connectivity index (χ0n) is 10.6. The summed E-state index contributed by atoms with van der Waals surface area (Å²) >= 11 is 1.88. The molecule has 1 N–H and O–H groups in total. The molecule has 0 radical (unpaired) electrons. The average molecular weight is 241 g/mol. The van der Waals surface area contributed by atoms with Crippen molar-refractivity contribution in [3.05, 3.63) is 18.0 Å². The minimum Gasteiger partial charge on any atom is -0.309 e. The zero-order chi connectivity index (χ0) is 11.8. The third-order valence-corrected chi connectivity index (χ3v) is 3.15. The number of nitrogens with zero attached hydrogens (tertiary/aromatic N) is 2. The Balaban J connectivity index is 2.59. The third-order valence-electron chi connectivity index (χ3n) is 2.48. The summed E-state index contributed by atoms with van der Waals surface area (Å²) in [6, 6.07) is 0.445. The van der Waals surface area contributed by atoms with Crippen molar-refractivity contribution < 1.29 is 0 Å². The lowest BCUT2D eigenvalue weighted by atomic mass is 10.2. The van der Waals surface area contributed by atoms with E-state index in [1.165, 1.54) is 12.0 Å². The monoisotopic (exact) mass is 241 g/mol. The fourth-order valence-electron chi connectivity index (χ4n) is 1.67. The Morgan fingerprint density at radius 2 is 2.25 bits per heavy atom. The first-order valence-corrected chi connectivity index (χ1v) is 7.45. The van der Waals surface area contributed by atoms with E-state index < -0.39 is 0 Å². The van der Waals surface area contributed by atoms with Crippen LogP contribution in [0.2, 0.25) is 0 Å². The van der Waals surface area contributed by atoms with Gasteiger partial charge in [-0.2, -0.15) is 16.9 Å². The van der Waals surface area contributed by atoms with E-state index >= 15 is 0 Å². The van der Waals surface area contributed by atoms with Gasteiger partial charge in [0.25, 0.3) is 0 Å². The second kappa shape index (κ2) is 7.74. The zero-order valence-corrected chi connectivity index (χ0v) is 11.4. The summed E-state index contributed by atoms with van der Waals surface area (Å²) in [5, 5.41) is 7.95. The Hall–Kier alpha value is -0.480. The van der Waals surface area contributed by atoms with Gasteiger partial charge in [0, 0.05) is 30.1 Å². The number of rotatable bonds is 8. The molecular formula is C12H23N3S. The molecule has 0 aliphatic heterocycles. The second-order valence-corrected chi connectivity index (χ2v) is 4.91. The highest BCUT2D eigenvalue weighted by atomic mass is 32.2. The quantitative estimate of drug-likeness (QED) is 0.759. The van der Waals surface area contributed by atoms with Crippen molar-refractivity contribution in [3.8, 4) is 0 Å². The molecule has 1 atom stereocenters. The Morgan fingerprint density at radius 1 is 1.44 bits per heavy atom. The lowest BCUT2D eigenvalue weighted by Crippen LogP contribution is -2.23. The Kier molecular flexibility index (Phi) is 6.57. The molecule has 1 aromatic heterocycles. The minimum atomic E-state index is 0.445. The van der Waals surface area contributed by atoms with E-state index in [9.17, 15) is 0 Å². The van der Waals surface area contributed by atoms with Crippen molar-refractivity contribution in [2.45, 2.75) is 39.3 Å². The predicted octanol–water partition coefficient (Wildman–Crippen LogP) is 2.70. The first-order chi connectivity index (χ1) is 7.81. The van der Waals surface area contributed by atoms with Gasteiger partial charge in [0.1, 0.15) is 0 Å². The summed E-state index contributed by atoms with van der Waals surface area (Å²) in [7, 11) is 0. The summed E-state index contributed by atoms with van der Waals surface area (Å²) in [5.74, 6) is 1.11. The fourth-order valence-corrected chi connectivity index (χ4v) is 2.31. The van der Waals surface area contributed by atoms with Crippen molar-refractivity contribution in [3.63, 3.8) is 0 Å². The summed E-state index contributed by atoms with van der Waals surface area (Å²) in [4.78, 5) is 0. The van der Waals surface area contributed by atoms with E-state index in [1.807, 2.05) is 22.6 Å². The molecule has 0 bridgehead atoms. The Bertz CT molecular complexity index is 286. The molecule has 0 saturated carbocycles. The summed E-state index contributed by atoms with van der Waals surface area (Å²) in [5.41, 5.74) is 1.32. The number of thioether (sulfide) groups is 1. The van der Waals surface area contributed by atoms with Crippen molar-refractivity contribution >= 4 is 11.8 Å². The first-order valence-electron chi connectivity index (χ1n) is 6.06. The molecule has 1 heterocycles. The molecule has 92 valence electrons. The first kappa shape index (κ1) is 13.6. The smallest absolute Gasteiger partial charge is 0.0537 e. The molecule has 0 spiro atoms. The Morgan fingerprint density at radius 3 is 2.88 bits per heavy atom. The molecule has 0 saturated heterocycles. The van der Waals surface area contributed by atoms with Gasteiger partial charge in [0.05, 0.1) is 6.20 Å². The largest absolute Gasteiger partial charge is 0.309 e. The standard InChI is InChI=1S/C12H23N3S/c1-4-6-13-12(10-16-3)11-8-14-15(9-11)7-5-2/h8-9,12-13H,4-7,10H2,1-3H3. The van der Waals surface area contributed by atoms with Gasteiger partial charge < -0.3 is 5.32 Å². The number of hydrogen-bond acceptors (Lipinski definition) is 3. The van der Waals surface area contributed by atoms with Crippen LogP contribution in [0.25, 0.3) is 0 Å². The number of aromatic nitrogens is 2. The number of nitrogens with one attached hydrogen (secondary N) is 1. The fraction of sp³-hybridized carbons (Fsp3) is 0.750.